The molecule has 5 heteroatoms. The normalized spacial score (nSPS) is 10.0. The Kier molecular flexibility index (Phi) is 3.14. The maximum atomic E-state index is 12.8. The Morgan fingerprint density at radius 3 is 2.86 bits per heavy atom. The van der Waals surface area contributed by atoms with Crippen LogP contribution in [0.25, 0.3) is 0 Å². The molecule has 14 heavy (non-hydrogen) atoms. The molecule has 0 bridgehead atoms. The summed E-state index contributed by atoms with van der Waals surface area (Å²) in [6, 6.07) is 1.14. The molecule has 76 valence electrons. The van der Waals surface area contributed by atoms with Crippen LogP contribution in [0.2, 0.25) is 0 Å². The van der Waals surface area contributed by atoms with E-state index in [9.17, 15) is 9.18 Å². The highest BCUT2D eigenvalue weighted by Crippen LogP contribution is 2.09. The summed E-state index contributed by atoms with van der Waals surface area (Å²) in [7, 11) is 2.81. The van der Waals surface area contributed by atoms with Crippen LogP contribution >= 0.6 is 0 Å². The predicted octanol–water partition coefficient (Wildman–Crippen LogP) is 1.16. The van der Waals surface area contributed by atoms with E-state index in [0.29, 0.717) is 5.69 Å². The van der Waals surface area contributed by atoms with Gasteiger partial charge in [-0.1, -0.05) is 0 Å². The first-order valence-corrected chi connectivity index (χ1v) is 4.00. The molecule has 1 heterocycles. The van der Waals surface area contributed by atoms with E-state index in [4.69, 9.17) is 4.84 Å². The zero-order valence-corrected chi connectivity index (χ0v) is 8.24. The van der Waals surface area contributed by atoms with E-state index in [0.717, 1.165) is 17.3 Å². The largest absolute Gasteiger partial charge is 0.279 e. The SMILES string of the molecule is CON(C)C(=O)c1cc(F)cnc1C. The quantitative estimate of drug-likeness (QED) is 0.670. The van der Waals surface area contributed by atoms with Gasteiger partial charge in [-0.15, -0.1) is 0 Å². The van der Waals surface area contributed by atoms with Crippen LogP contribution in [0, 0.1) is 12.7 Å². The Labute approximate surface area is 81.3 Å². The number of carbonyl (C=O) groups excluding carboxylic acids is 1. The Morgan fingerprint density at radius 2 is 2.29 bits per heavy atom. The molecule has 0 spiro atoms. The van der Waals surface area contributed by atoms with Crippen LogP contribution in [0.5, 0.6) is 0 Å². The summed E-state index contributed by atoms with van der Waals surface area (Å²) >= 11 is 0. The predicted molar refractivity (Wildman–Crippen MR) is 48.0 cm³/mol. The van der Waals surface area contributed by atoms with E-state index in [2.05, 4.69) is 4.98 Å². The molecule has 0 saturated carbocycles. The number of nitrogens with zero attached hydrogens (tertiary/aromatic N) is 2. The van der Waals surface area contributed by atoms with Gasteiger partial charge in [-0.2, -0.15) is 0 Å². The van der Waals surface area contributed by atoms with E-state index in [1.165, 1.54) is 14.2 Å². The molecule has 1 rings (SSSR count). The van der Waals surface area contributed by atoms with Crippen LogP contribution in [0.1, 0.15) is 16.1 Å². The number of hydroxylamine groups is 2. The second kappa shape index (κ2) is 4.15. The number of rotatable bonds is 2. The standard InChI is InChI=1S/C9H11FN2O2/c1-6-8(4-7(10)5-11-6)9(13)12(2)14-3/h4-5H,1-3H3. The maximum absolute atomic E-state index is 12.8. The first-order valence-electron chi connectivity index (χ1n) is 4.00. The lowest BCUT2D eigenvalue weighted by molar-refractivity contribution is -0.0757. The lowest BCUT2D eigenvalue weighted by atomic mass is 10.2. The van der Waals surface area contributed by atoms with Crippen LogP contribution in [0.15, 0.2) is 12.3 Å². The zero-order chi connectivity index (χ0) is 10.7. The minimum Gasteiger partial charge on any atom is -0.274 e. The van der Waals surface area contributed by atoms with Crippen LogP contribution < -0.4 is 0 Å². The van der Waals surface area contributed by atoms with E-state index in [-0.39, 0.29) is 5.56 Å². The summed E-state index contributed by atoms with van der Waals surface area (Å²) in [4.78, 5) is 20.0. The highest BCUT2D eigenvalue weighted by molar-refractivity contribution is 5.94. The van der Waals surface area contributed by atoms with Crippen molar-refractivity contribution in [2.75, 3.05) is 14.2 Å². The van der Waals surface area contributed by atoms with Crippen molar-refractivity contribution >= 4 is 5.91 Å². The Bertz CT molecular complexity index is 355. The topological polar surface area (TPSA) is 42.4 Å². The Balaban J connectivity index is 3.06. The van der Waals surface area contributed by atoms with Crippen molar-refractivity contribution in [3.63, 3.8) is 0 Å². The average Bonchev–Trinajstić information content (AvgIpc) is 2.19. The van der Waals surface area contributed by atoms with Crippen molar-refractivity contribution in [3.05, 3.63) is 29.3 Å². The number of carbonyl (C=O) groups is 1. The molecule has 0 aliphatic carbocycles. The van der Waals surface area contributed by atoms with Gasteiger partial charge in [0.25, 0.3) is 5.91 Å². The molecule has 4 nitrogen and oxygen atoms in total. The van der Waals surface area contributed by atoms with Gasteiger partial charge in [0.15, 0.2) is 0 Å². The zero-order valence-electron chi connectivity index (χ0n) is 8.24. The molecule has 0 fully saturated rings. The van der Waals surface area contributed by atoms with Crippen molar-refractivity contribution < 1.29 is 14.0 Å². The summed E-state index contributed by atoms with van der Waals surface area (Å²) in [5.74, 6) is -0.958. The molecular weight excluding hydrogens is 187 g/mol. The Morgan fingerprint density at radius 1 is 1.64 bits per heavy atom. The molecule has 0 saturated heterocycles. The first-order chi connectivity index (χ1) is 6.56. The van der Waals surface area contributed by atoms with Crippen LogP contribution in [-0.2, 0) is 4.84 Å². The van der Waals surface area contributed by atoms with Gasteiger partial charge in [-0.3, -0.25) is 14.6 Å². The third-order valence-corrected chi connectivity index (χ3v) is 1.84. The molecule has 0 N–H and O–H groups in total. The molecule has 0 unspecified atom stereocenters. The fraction of sp³-hybridized carbons (Fsp3) is 0.333. The minimum absolute atomic E-state index is 0.203. The van der Waals surface area contributed by atoms with Crippen LogP contribution in [0.4, 0.5) is 4.39 Å². The van der Waals surface area contributed by atoms with Crippen molar-refractivity contribution in [1.82, 2.24) is 10.0 Å². The molecule has 0 aliphatic rings. The molecule has 1 amide bonds. The average molecular weight is 198 g/mol. The van der Waals surface area contributed by atoms with Gasteiger partial charge in [0, 0.05) is 7.05 Å². The van der Waals surface area contributed by atoms with Crippen molar-refractivity contribution in [3.8, 4) is 0 Å². The van der Waals surface area contributed by atoms with E-state index < -0.39 is 11.7 Å². The number of amides is 1. The highest BCUT2D eigenvalue weighted by Gasteiger charge is 2.15. The number of aromatic nitrogens is 1. The van der Waals surface area contributed by atoms with Crippen molar-refractivity contribution in [2.24, 2.45) is 0 Å². The summed E-state index contributed by atoms with van der Waals surface area (Å²) in [6.45, 7) is 1.64. The van der Waals surface area contributed by atoms with E-state index in [1.807, 2.05) is 0 Å². The molecule has 1 aromatic heterocycles. The van der Waals surface area contributed by atoms with Gasteiger partial charge in [0.1, 0.15) is 5.82 Å². The van der Waals surface area contributed by atoms with Gasteiger partial charge in [-0.05, 0) is 13.0 Å². The van der Waals surface area contributed by atoms with Gasteiger partial charge in [0.05, 0.1) is 24.6 Å². The second-order valence-electron chi connectivity index (χ2n) is 2.77. The van der Waals surface area contributed by atoms with Crippen LogP contribution in [-0.4, -0.2) is 30.1 Å². The fourth-order valence-corrected chi connectivity index (χ4v) is 0.977. The number of hydrogen-bond donors (Lipinski definition) is 0. The summed E-state index contributed by atoms with van der Waals surface area (Å²) in [6.07, 6.45) is 1.07. The van der Waals surface area contributed by atoms with Crippen molar-refractivity contribution in [2.45, 2.75) is 6.92 Å². The second-order valence-corrected chi connectivity index (χ2v) is 2.77. The maximum Gasteiger partial charge on any atom is 0.279 e. The number of hydrogen-bond acceptors (Lipinski definition) is 3. The summed E-state index contributed by atoms with van der Waals surface area (Å²) < 4.78 is 12.8. The third kappa shape index (κ3) is 2.05. The molecule has 1 aromatic rings. The highest BCUT2D eigenvalue weighted by atomic mass is 19.1. The molecule has 0 aromatic carbocycles. The molecule has 0 atom stereocenters. The lowest BCUT2D eigenvalue weighted by Crippen LogP contribution is -2.26. The smallest absolute Gasteiger partial charge is 0.274 e. The fourth-order valence-electron chi connectivity index (χ4n) is 0.977. The van der Waals surface area contributed by atoms with Gasteiger partial charge < -0.3 is 0 Å². The monoisotopic (exact) mass is 198 g/mol. The summed E-state index contributed by atoms with van der Waals surface area (Å²) in [5, 5.41) is 1.02. The lowest BCUT2D eigenvalue weighted by Gasteiger charge is -2.14. The van der Waals surface area contributed by atoms with Crippen molar-refractivity contribution in [1.29, 1.82) is 0 Å². The minimum atomic E-state index is -0.538. The van der Waals surface area contributed by atoms with Gasteiger partial charge in [-0.25, -0.2) is 9.45 Å². The van der Waals surface area contributed by atoms with Gasteiger partial charge in [0.2, 0.25) is 0 Å². The molecular formula is C9H11FN2O2. The summed E-state index contributed by atoms with van der Waals surface area (Å²) in [5.41, 5.74) is 0.676. The van der Waals surface area contributed by atoms with Gasteiger partial charge >= 0.3 is 0 Å². The Hall–Kier alpha value is -1.49. The molecule has 0 radical (unpaired) electrons. The van der Waals surface area contributed by atoms with Crippen LogP contribution in [0.3, 0.4) is 0 Å². The number of pyridine rings is 1. The number of halogens is 1. The third-order valence-electron chi connectivity index (χ3n) is 1.84. The van der Waals surface area contributed by atoms with E-state index in [1.54, 1.807) is 6.92 Å². The molecule has 0 aliphatic heterocycles. The van der Waals surface area contributed by atoms with E-state index >= 15 is 0 Å². The first kappa shape index (κ1) is 10.6. The number of aryl methyl sites for hydroxylation is 1.